The van der Waals surface area contributed by atoms with Crippen LogP contribution in [0.1, 0.15) is 30.1 Å². The van der Waals surface area contributed by atoms with E-state index in [0.717, 1.165) is 30.3 Å². The molecule has 4 heteroatoms. The van der Waals surface area contributed by atoms with Gasteiger partial charge >= 0.3 is 5.97 Å². The van der Waals surface area contributed by atoms with Gasteiger partial charge in [-0.15, -0.1) is 0 Å². The number of anilines is 1. The van der Waals surface area contributed by atoms with Gasteiger partial charge in [0.25, 0.3) is 0 Å². The fourth-order valence-electron chi connectivity index (χ4n) is 2.74. The van der Waals surface area contributed by atoms with Crippen LogP contribution in [-0.4, -0.2) is 29.1 Å². The Hall–Kier alpha value is -2.10. The molecule has 1 N–H and O–H groups in total. The minimum atomic E-state index is -0.906. The number of aromatic carboxylic acids is 1. The monoisotopic (exact) mass is 270 g/mol. The molecule has 2 aromatic rings. The molecular formula is C16H18N2O2. The van der Waals surface area contributed by atoms with Gasteiger partial charge in [-0.05, 0) is 43.0 Å². The lowest BCUT2D eigenvalue weighted by Crippen LogP contribution is -2.33. The number of rotatable bonds is 2. The molecule has 0 aliphatic carbocycles. The second-order valence-electron chi connectivity index (χ2n) is 5.52. The number of hydrogen-bond acceptors (Lipinski definition) is 3. The first-order valence-corrected chi connectivity index (χ1v) is 7.03. The molecule has 20 heavy (non-hydrogen) atoms. The van der Waals surface area contributed by atoms with Gasteiger partial charge in [0.1, 0.15) is 5.82 Å². The molecule has 1 aliphatic rings. The normalized spacial score (nSPS) is 16.6. The number of fused-ring (bicyclic) bond motifs is 1. The van der Waals surface area contributed by atoms with E-state index in [2.05, 4.69) is 16.8 Å². The highest BCUT2D eigenvalue weighted by atomic mass is 16.4. The molecule has 2 heterocycles. The first kappa shape index (κ1) is 12.9. The highest BCUT2D eigenvalue weighted by molar-refractivity contribution is 6.02. The van der Waals surface area contributed by atoms with Crippen LogP contribution in [0.2, 0.25) is 0 Å². The summed E-state index contributed by atoms with van der Waals surface area (Å²) >= 11 is 0. The van der Waals surface area contributed by atoms with E-state index in [1.165, 1.54) is 12.8 Å². The summed E-state index contributed by atoms with van der Waals surface area (Å²) in [6.45, 7) is 4.33. The van der Waals surface area contributed by atoms with Crippen LogP contribution in [-0.2, 0) is 0 Å². The van der Waals surface area contributed by atoms with Crippen LogP contribution < -0.4 is 4.90 Å². The van der Waals surface area contributed by atoms with E-state index < -0.39 is 5.97 Å². The Labute approximate surface area is 118 Å². The maximum atomic E-state index is 11.2. The molecule has 4 nitrogen and oxygen atoms in total. The number of piperidine rings is 1. The number of pyridine rings is 1. The Balaban J connectivity index is 1.97. The van der Waals surface area contributed by atoms with Crippen molar-refractivity contribution < 1.29 is 9.90 Å². The lowest BCUT2D eigenvalue weighted by atomic mass is 9.99. The number of hydrogen-bond donors (Lipinski definition) is 1. The maximum absolute atomic E-state index is 11.2. The van der Waals surface area contributed by atoms with Crippen molar-refractivity contribution in [3.05, 3.63) is 35.9 Å². The Morgan fingerprint density at radius 2 is 2.00 bits per heavy atom. The maximum Gasteiger partial charge on any atom is 0.336 e. The second kappa shape index (κ2) is 5.12. The van der Waals surface area contributed by atoms with Crippen molar-refractivity contribution in [1.29, 1.82) is 0 Å². The average molecular weight is 270 g/mol. The lowest BCUT2D eigenvalue weighted by molar-refractivity contribution is 0.0699. The van der Waals surface area contributed by atoms with Crippen molar-refractivity contribution in [2.45, 2.75) is 19.8 Å². The number of carboxylic acids is 1. The minimum Gasteiger partial charge on any atom is -0.478 e. The predicted molar refractivity (Wildman–Crippen MR) is 79.3 cm³/mol. The van der Waals surface area contributed by atoms with Crippen LogP contribution in [0.4, 0.5) is 5.82 Å². The topological polar surface area (TPSA) is 53.4 Å². The minimum absolute atomic E-state index is 0.314. The molecule has 0 atom stereocenters. The van der Waals surface area contributed by atoms with Crippen molar-refractivity contribution in [1.82, 2.24) is 4.98 Å². The van der Waals surface area contributed by atoms with Gasteiger partial charge in [0, 0.05) is 18.5 Å². The van der Waals surface area contributed by atoms with Crippen LogP contribution in [0, 0.1) is 5.92 Å². The van der Waals surface area contributed by atoms with Gasteiger partial charge in [-0.3, -0.25) is 0 Å². The molecule has 0 spiro atoms. The summed E-state index contributed by atoms with van der Waals surface area (Å²) in [6, 6.07) is 9.05. The van der Waals surface area contributed by atoms with Gasteiger partial charge in [0.15, 0.2) is 0 Å². The molecule has 1 aromatic carbocycles. The lowest BCUT2D eigenvalue weighted by Gasteiger charge is -2.31. The summed E-state index contributed by atoms with van der Waals surface area (Å²) in [4.78, 5) is 18.1. The summed E-state index contributed by atoms with van der Waals surface area (Å²) in [5.41, 5.74) is 1.06. The number of carboxylic acid groups (broad SMARTS) is 1. The largest absolute Gasteiger partial charge is 0.478 e. The summed E-state index contributed by atoms with van der Waals surface area (Å²) in [5.74, 6) is 0.828. The van der Waals surface area contributed by atoms with E-state index in [-0.39, 0.29) is 0 Å². The van der Waals surface area contributed by atoms with Crippen molar-refractivity contribution in [2.24, 2.45) is 5.92 Å². The van der Waals surface area contributed by atoms with Gasteiger partial charge in [0.2, 0.25) is 0 Å². The fraction of sp³-hybridized carbons (Fsp3) is 0.375. The molecule has 1 fully saturated rings. The SMILES string of the molecule is CC1CCN(c2ccc3c(C(=O)O)cccc3n2)CC1. The third-order valence-corrected chi connectivity index (χ3v) is 4.06. The third-order valence-electron chi connectivity index (χ3n) is 4.06. The van der Waals surface area contributed by atoms with Crippen LogP contribution in [0.25, 0.3) is 10.9 Å². The van der Waals surface area contributed by atoms with Crippen molar-refractivity contribution in [2.75, 3.05) is 18.0 Å². The van der Waals surface area contributed by atoms with Crippen LogP contribution in [0.5, 0.6) is 0 Å². The van der Waals surface area contributed by atoms with E-state index in [1.807, 2.05) is 18.2 Å². The Bertz CT molecular complexity index is 646. The molecule has 104 valence electrons. The summed E-state index contributed by atoms with van der Waals surface area (Å²) in [6.07, 6.45) is 2.38. The molecule has 1 aliphatic heterocycles. The number of nitrogens with zero attached hydrogens (tertiary/aromatic N) is 2. The molecule has 1 saturated heterocycles. The van der Waals surface area contributed by atoms with Crippen LogP contribution in [0.15, 0.2) is 30.3 Å². The van der Waals surface area contributed by atoms with Crippen molar-refractivity contribution >= 4 is 22.7 Å². The number of aromatic nitrogens is 1. The molecule has 1 aromatic heterocycles. The predicted octanol–water partition coefficient (Wildman–Crippen LogP) is 3.17. The quantitative estimate of drug-likeness (QED) is 0.910. The number of carbonyl (C=O) groups is 1. The molecule has 0 saturated carbocycles. The average Bonchev–Trinajstić information content (AvgIpc) is 2.46. The van der Waals surface area contributed by atoms with Crippen molar-refractivity contribution in [3.8, 4) is 0 Å². The van der Waals surface area contributed by atoms with E-state index in [9.17, 15) is 9.90 Å². The summed E-state index contributed by atoms with van der Waals surface area (Å²) in [7, 11) is 0. The Kier molecular flexibility index (Phi) is 3.30. The van der Waals surface area contributed by atoms with Crippen LogP contribution >= 0.6 is 0 Å². The van der Waals surface area contributed by atoms with E-state index >= 15 is 0 Å². The van der Waals surface area contributed by atoms with Crippen molar-refractivity contribution in [3.63, 3.8) is 0 Å². The smallest absolute Gasteiger partial charge is 0.336 e. The zero-order valence-electron chi connectivity index (χ0n) is 11.5. The van der Waals surface area contributed by atoms with Crippen LogP contribution in [0.3, 0.4) is 0 Å². The third kappa shape index (κ3) is 2.33. The molecule has 0 bridgehead atoms. The van der Waals surface area contributed by atoms with Gasteiger partial charge in [0.05, 0.1) is 11.1 Å². The summed E-state index contributed by atoms with van der Waals surface area (Å²) < 4.78 is 0. The van der Waals surface area contributed by atoms with E-state index in [4.69, 9.17) is 0 Å². The summed E-state index contributed by atoms with van der Waals surface area (Å²) in [5, 5.41) is 9.89. The standard InChI is InChI=1S/C16H18N2O2/c1-11-7-9-18(10-8-11)15-6-5-12-13(16(19)20)3-2-4-14(12)17-15/h2-6,11H,7-10H2,1H3,(H,19,20). The fourth-order valence-corrected chi connectivity index (χ4v) is 2.74. The van der Waals surface area contributed by atoms with Gasteiger partial charge in [-0.1, -0.05) is 13.0 Å². The number of benzene rings is 1. The molecule has 0 radical (unpaired) electrons. The Morgan fingerprint density at radius 1 is 1.25 bits per heavy atom. The van der Waals surface area contributed by atoms with Gasteiger partial charge in [-0.25, -0.2) is 9.78 Å². The molecule has 0 amide bonds. The van der Waals surface area contributed by atoms with Gasteiger partial charge in [-0.2, -0.15) is 0 Å². The zero-order valence-corrected chi connectivity index (χ0v) is 11.5. The molecule has 3 rings (SSSR count). The molecule has 0 unspecified atom stereocenters. The first-order chi connectivity index (χ1) is 9.65. The Morgan fingerprint density at radius 3 is 2.70 bits per heavy atom. The zero-order chi connectivity index (χ0) is 14.1. The van der Waals surface area contributed by atoms with E-state index in [1.54, 1.807) is 12.1 Å². The first-order valence-electron chi connectivity index (χ1n) is 7.03. The van der Waals surface area contributed by atoms with E-state index in [0.29, 0.717) is 10.9 Å². The second-order valence-corrected chi connectivity index (χ2v) is 5.52. The molecular weight excluding hydrogens is 252 g/mol. The highest BCUT2D eigenvalue weighted by Crippen LogP contribution is 2.25. The highest BCUT2D eigenvalue weighted by Gasteiger charge is 2.17. The van der Waals surface area contributed by atoms with Gasteiger partial charge < -0.3 is 10.0 Å².